The van der Waals surface area contributed by atoms with Gasteiger partial charge in [-0.05, 0) is 25.7 Å². The average Bonchev–Trinajstić information content (AvgIpc) is 2.72. The summed E-state index contributed by atoms with van der Waals surface area (Å²) in [6.07, 6.45) is 7.44. The van der Waals surface area contributed by atoms with Crippen LogP contribution in [-0.4, -0.2) is 20.1 Å². The summed E-state index contributed by atoms with van der Waals surface area (Å²) in [5, 5.41) is 18.3. The van der Waals surface area contributed by atoms with Gasteiger partial charge in [-0.2, -0.15) is 0 Å². The molecule has 0 amide bonds. The van der Waals surface area contributed by atoms with E-state index >= 15 is 0 Å². The predicted octanol–water partition coefficient (Wildman–Crippen LogP) is 1.47. The van der Waals surface area contributed by atoms with Crippen LogP contribution in [0.1, 0.15) is 32.4 Å². The van der Waals surface area contributed by atoms with Crippen molar-refractivity contribution in [2.24, 2.45) is 5.92 Å². The first-order valence-electron chi connectivity index (χ1n) is 5.46. The van der Waals surface area contributed by atoms with E-state index in [4.69, 9.17) is 0 Å². The van der Waals surface area contributed by atoms with Crippen LogP contribution < -0.4 is 0 Å². The van der Waals surface area contributed by atoms with Gasteiger partial charge in [0.25, 0.3) is 0 Å². The Morgan fingerprint density at radius 2 is 2.47 bits per heavy atom. The number of hydrogen-bond donors (Lipinski definition) is 1. The molecule has 1 heterocycles. The molecule has 1 aromatic heterocycles. The molecule has 0 aromatic carbocycles. The molecule has 82 valence electrons. The van der Waals surface area contributed by atoms with E-state index in [0.29, 0.717) is 11.6 Å². The van der Waals surface area contributed by atoms with Crippen LogP contribution in [0.2, 0.25) is 0 Å². The van der Waals surface area contributed by atoms with Crippen molar-refractivity contribution in [3.63, 3.8) is 0 Å². The lowest BCUT2D eigenvalue weighted by Gasteiger charge is -2.27. The number of rotatable bonds is 2. The number of nitrogens with zero attached hydrogens (tertiary/aromatic N) is 3. The largest absolute Gasteiger partial charge is 0.379 e. The maximum Gasteiger partial charge on any atom is 0.128 e. The quantitative estimate of drug-likeness (QED) is 0.747. The SMILES string of the molecule is CCn1cc(C2(O)C=CC(C)CC2)nn1. The summed E-state index contributed by atoms with van der Waals surface area (Å²) in [5.74, 6) is 0.548. The van der Waals surface area contributed by atoms with Crippen LogP contribution in [0, 0.1) is 5.92 Å². The van der Waals surface area contributed by atoms with E-state index in [1.807, 2.05) is 19.2 Å². The molecular formula is C11H17N3O. The van der Waals surface area contributed by atoms with E-state index in [1.165, 1.54) is 0 Å². The lowest BCUT2D eigenvalue weighted by Crippen LogP contribution is -2.27. The van der Waals surface area contributed by atoms with Crippen LogP contribution in [0.5, 0.6) is 0 Å². The van der Waals surface area contributed by atoms with E-state index in [1.54, 1.807) is 4.68 Å². The Hall–Kier alpha value is -1.16. The molecule has 1 aromatic rings. The van der Waals surface area contributed by atoms with Gasteiger partial charge < -0.3 is 5.11 Å². The highest BCUT2D eigenvalue weighted by molar-refractivity contribution is 5.19. The van der Waals surface area contributed by atoms with Crippen molar-refractivity contribution in [3.05, 3.63) is 24.0 Å². The van der Waals surface area contributed by atoms with E-state index < -0.39 is 5.60 Å². The predicted molar refractivity (Wildman–Crippen MR) is 57.1 cm³/mol. The third-order valence-electron chi connectivity index (χ3n) is 2.99. The van der Waals surface area contributed by atoms with Crippen LogP contribution in [0.15, 0.2) is 18.3 Å². The molecule has 0 saturated carbocycles. The van der Waals surface area contributed by atoms with Crippen LogP contribution in [0.25, 0.3) is 0 Å². The van der Waals surface area contributed by atoms with Gasteiger partial charge in [0.2, 0.25) is 0 Å². The molecule has 0 aliphatic heterocycles. The molecular weight excluding hydrogens is 190 g/mol. The molecule has 0 spiro atoms. The van der Waals surface area contributed by atoms with E-state index in [2.05, 4.69) is 23.3 Å². The molecule has 2 atom stereocenters. The molecule has 4 heteroatoms. The fourth-order valence-corrected chi connectivity index (χ4v) is 1.82. The Kier molecular flexibility index (Phi) is 2.61. The van der Waals surface area contributed by atoms with Crippen LogP contribution >= 0.6 is 0 Å². The van der Waals surface area contributed by atoms with Gasteiger partial charge in [-0.3, -0.25) is 4.68 Å². The smallest absolute Gasteiger partial charge is 0.128 e. The zero-order chi connectivity index (χ0) is 10.9. The first-order chi connectivity index (χ1) is 7.14. The minimum absolute atomic E-state index is 0.548. The third kappa shape index (κ3) is 1.95. The fraction of sp³-hybridized carbons (Fsp3) is 0.636. The second-order valence-corrected chi connectivity index (χ2v) is 4.26. The average molecular weight is 207 g/mol. The summed E-state index contributed by atoms with van der Waals surface area (Å²) in [7, 11) is 0. The molecule has 2 rings (SSSR count). The normalized spacial score (nSPS) is 30.7. The molecule has 4 nitrogen and oxygen atoms in total. The number of aryl methyl sites for hydroxylation is 1. The highest BCUT2D eigenvalue weighted by Gasteiger charge is 2.32. The molecule has 0 saturated heterocycles. The second kappa shape index (κ2) is 3.77. The summed E-state index contributed by atoms with van der Waals surface area (Å²) < 4.78 is 1.74. The Morgan fingerprint density at radius 3 is 3.00 bits per heavy atom. The van der Waals surface area contributed by atoms with Crippen LogP contribution in [-0.2, 0) is 12.1 Å². The molecule has 1 N–H and O–H groups in total. The second-order valence-electron chi connectivity index (χ2n) is 4.26. The Balaban J connectivity index is 2.25. The minimum Gasteiger partial charge on any atom is -0.379 e. The third-order valence-corrected chi connectivity index (χ3v) is 2.99. The highest BCUT2D eigenvalue weighted by Crippen LogP contribution is 2.32. The Labute approximate surface area is 89.6 Å². The Morgan fingerprint density at radius 1 is 1.67 bits per heavy atom. The van der Waals surface area contributed by atoms with Crippen molar-refractivity contribution in [2.45, 2.75) is 38.8 Å². The lowest BCUT2D eigenvalue weighted by atomic mass is 9.84. The van der Waals surface area contributed by atoms with E-state index in [0.717, 1.165) is 19.4 Å². The first-order valence-corrected chi connectivity index (χ1v) is 5.46. The van der Waals surface area contributed by atoms with Gasteiger partial charge in [0.05, 0.1) is 6.20 Å². The fourth-order valence-electron chi connectivity index (χ4n) is 1.82. The molecule has 1 aliphatic carbocycles. The summed E-state index contributed by atoms with van der Waals surface area (Å²) in [4.78, 5) is 0. The molecule has 0 radical (unpaired) electrons. The first kappa shape index (κ1) is 10.4. The van der Waals surface area contributed by atoms with Gasteiger partial charge in [-0.15, -0.1) is 5.10 Å². The van der Waals surface area contributed by atoms with E-state index in [-0.39, 0.29) is 0 Å². The van der Waals surface area contributed by atoms with Gasteiger partial charge >= 0.3 is 0 Å². The number of aliphatic hydroxyl groups is 1. The summed E-state index contributed by atoms with van der Waals surface area (Å²) in [6.45, 7) is 4.93. The topological polar surface area (TPSA) is 50.9 Å². The number of allylic oxidation sites excluding steroid dienone is 1. The number of hydrogen-bond acceptors (Lipinski definition) is 3. The zero-order valence-electron chi connectivity index (χ0n) is 9.22. The van der Waals surface area contributed by atoms with Gasteiger partial charge in [0.15, 0.2) is 0 Å². The molecule has 15 heavy (non-hydrogen) atoms. The van der Waals surface area contributed by atoms with Gasteiger partial charge in [-0.25, -0.2) is 0 Å². The summed E-state index contributed by atoms with van der Waals surface area (Å²) >= 11 is 0. The van der Waals surface area contributed by atoms with Crippen LogP contribution in [0.3, 0.4) is 0 Å². The van der Waals surface area contributed by atoms with Gasteiger partial charge in [0.1, 0.15) is 11.3 Å². The maximum absolute atomic E-state index is 10.4. The van der Waals surface area contributed by atoms with Crippen molar-refractivity contribution in [1.82, 2.24) is 15.0 Å². The lowest BCUT2D eigenvalue weighted by molar-refractivity contribution is 0.0628. The zero-order valence-corrected chi connectivity index (χ0v) is 9.22. The van der Waals surface area contributed by atoms with Crippen molar-refractivity contribution in [2.75, 3.05) is 0 Å². The van der Waals surface area contributed by atoms with E-state index in [9.17, 15) is 5.11 Å². The van der Waals surface area contributed by atoms with Crippen molar-refractivity contribution in [3.8, 4) is 0 Å². The highest BCUT2D eigenvalue weighted by atomic mass is 16.3. The monoisotopic (exact) mass is 207 g/mol. The number of aromatic nitrogens is 3. The summed E-state index contributed by atoms with van der Waals surface area (Å²) in [5.41, 5.74) is -0.243. The Bertz CT molecular complexity index is 372. The molecule has 0 bridgehead atoms. The van der Waals surface area contributed by atoms with Crippen molar-refractivity contribution in [1.29, 1.82) is 0 Å². The molecule has 2 unspecified atom stereocenters. The van der Waals surface area contributed by atoms with Gasteiger partial charge in [-0.1, -0.05) is 24.3 Å². The summed E-state index contributed by atoms with van der Waals surface area (Å²) in [6, 6.07) is 0. The van der Waals surface area contributed by atoms with Gasteiger partial charge in [0, 0.05) is 6.54 Å². The minimum atomic E-state index is -0.903. The van der Waals surface area contributed by atoms with Crippen molar-refractivity contribution >= 4 is 0 Å². The maximum atomic E-state index is 10.4. The van der Waals surface area contributed by atoms with Crippen molar-refractivity contribution < 1.29 is 5.11 Å². The van der Waals surface area contributed by atoms with Crippen LogP contribution in [0.4, 0.5) is 0 Å². The molecule has 0 fully saturated rings. The molecule has 1 aliphatic rings. The standard InChI is InChI=1S/C11H17N3O/c1-3-14-8-10(12-13-14)11(15)6-4-9(2)5-7-11/h4,6,8-9,15H,3,5,7H2,1-2H3.